The number of carbonyl (C=O) groups is 2. The molecule has 0 bridgehead atoms. The average molecular weight is 543 g/mol. The minimum atomic E-state index is -0.798. The molecule has 3 heterocycles. The zero-order valence-corrected chi connectivity index (χ0v) is 22.0. The Bertz CT molecular complexity index is 1430. The molecule has 0 spiro atoms. The lowest BCUT2D eigenvalue weighted by molar-refractivity contribution is -0.140. The van der Waals surface area contributed by atoms with Gasteiger partial charge in [0.2, 0.25) is 0 Å². The minimum Gasteiger partial charge on any atom is -0.507 e. The zero-order chi connectivity index (χ0) is 27.5. The van der Waals surface area contributed by atoms with E-state index in [4.69, 9.17) is 18.9 Å². The molecule has 3 aromatic rings. The van der Waals surface area contributed by atoms with E-state index in [9.17, 15) is 14.7 Å². The number of carbonyl (C=O) groups excluding carboxylic acids is 2. The Morgan fingerprint density at radius 1 is 0.825 bits per heavy atom. The summed E-state index contributed by atoms with van der Waals surface area (Å²) in [5, 5.41) is 11.5. The van der Waals surface area contributed by atoms with Crippen LogP contribution in [0.3, 0.4) is 0 Å². The number of amides is 1. The van der Waals surface area contributed by atoms with Gasteiger partial charge in [-0.1, -0.05) is 30.3 Å². The van der Waals surface area contributed by atoms with E-state index in [1.54, 1.807) is 23.1 Å². The first kappa shape index (κ1) is 25.9. The molecule has 2 fully saturated rings. The molecule has 6 rings (SSSR count). The Morgan fingerprint density at radius 2 is 1.57 bits per heavy atom. The van der Waals surface area contributed by atoms with Crippen molar-refractivity contribution in [2.24, 2.45) is 0 Å². The van der Waals surface area contributed by atoms with Gasteiger partial charge in [0.1, 0.15) is 30.5 Å². The first-order valence-corrected chi connectivity index (χ1v) is 13.4. The summed E-state index contributed by atoms with van der Waals surface area (Å²) >= 11 is 0. The maximum atomic E-state index is 13.5. The van der Waals surface area contributed by atoms with Crippen LogP contribution in [-0.2, 0) is 14.3 Å². The van der Waals surface area contributed by atoms with Crippen LogP contribution in [0.25, 0.3) is 5.76 Å². The highest BCUT2D eigenvalue weighted by atomic mass is 16.6. The molecule has 3 aliphatic rings. The summed E-state index contributed by atoms with van der Waals surface area (Å²) in [7, 11) is 0. The zero-order valence-electron chi connectivity index (χ0n) is 22.0. The molecule has 9 nitrogen and oxygen atoms in total. The number of ketones is 1. The Balaban J connectivity index is 1.39. The number of aliphatic hydroxyl groups is 1. The smallest absolute Gasteiger partial charge is 0.295 e. The number of benzene rings is 3. The lowest BCUT2D eigenvalue weighted by Crippen LogP contribution is -2.42. The molecule has 1 atom stereocenters. The first-order valence-electron chi connectivity index (χ1n) is 13.4. The van der Waals surface area contributed by atoms with Crippen molar-refractivity contribution in [1.82, 2.24) is 9.80 Å². The fraction of sp³-hybridized carbons (Fsp3) is 0.290. The van der Waals surface area contributed by atoms with Gasteiger partial charge in [-0.15, -0.1) is 0 Å². The number of para-hydroxylation sites is 1. The molecule has 0 aromatic heterocycles. The second kappa shape index (κ2) is 11.4. The van der Waals surface area contributed by atoms with Gasteiger partial charge in [0.05, 0.1) is 24.8 Å². The molecular formula is C31H30N2O7. The first-order chi connectivity index (χ1) is 19.6. The molecule has 206 valence electrons. The van der Waals surface area contributed by atoms with E-state index < -0.39 is 17.7 Å². The fourth-order valence-electron chi connectivity index (χ4n) is 5.25. The minimum absolute atomic E-state index is 0.0283. The van der Waals surface area contributed by atoms with Crippen LogP contribution in [0.1, 0.15) is 17.2 Å². The molecule has 1 amide bonds. The summed E-state index contributed by atoms with van der Waals surface area (Å²) < 4.78 is 22.8. The summed E-state index contributed by atoms with van der Waals surface area (Å²) in [6.07, 6.45) is 0. The van der Waals surface area contributed by atoms with E-state index in [1.807, 2.05) is 54.6 Å². The van der Waals surface area contributed by atoms with Gasteiger partial charge in [-0.2, -0.15) is 0 Å². The van der Waals surface area contributed by atoms with Gasteiger partial charge in [0.15, 0.2) is 11.5 Å². The average Bonchev–Trinajstić information content (AvgIpc) is 3.25. The Kier molecular flexibility index (Phi) is 7.39. The molecule has 9 heteroatoms. The van der Waals surface area contributed by atoms with Crippen molar-refractivity contribution >= 4 is 17.4 Å². The number of hydrogen-bond donors (Lipinski definition) is 1. The molecule has 40 heavy (non-hydrogen) atoms. The summed E-state index contributed by atoms with van der Waals surface area (Å²) in [6, 6.07) is 20.9. The number of hydrogen-bond acceptors (Lipinski definition) is 8. The number of rotatable bonds is 7. The Morgan fingerprint density at radius 3 is 2.38 bits per heavy atom. The van der Waals surface area contributed by atoms with Crippen LogP contribution in [0.5, 0.6) is 23.0 Å². The van der Waals surface area contributed by atoms with Gasteiger partial charge in [-0.25, -0.2) is 0 Å². The maximum absolute atomic E-state index is 13.5. The monoisotopic (exact) mass is 542 g/mol. The topological polar surface area (TPSA) is 97.8 Å². The summed E-state index contributed by atoms with van der Waals surface area (Å²) in [5.74, 6) is 0.630. The number of morpholine rings is 1. The van der Waals surface area contributed by atoms with E-state index in [2.05, 4.69) is 4.90 Å². The largest absolute Gasteiger partial charge is 0.507 e. The number of Topliss-reactive ketones (excluding diaryl/α,β-unsaturated/α-hetero) is 1. The molecule has 1 unspecified atom stereocenters. The summed E-state index contributed by atoms with van der Waals surface area (Å²) in [4.78, 5) is 30.7. The summed E-state index contributed by atoms with van der Waals surface area (Å²) in [5.41, 5.74) is 1.06. The normalized spacial score (nSPS) is 20.5. The van der Waals surface area contributed by atoms with Crippen molar-refractivity contribution in [3.63, 3.8) is 0 Å². The van der Waals surface area contributed by atoms with E-state index in [0.717, 1.165) is 13.1 Å². The molecule has 0 saturated carbocycles. The van der Waals surface area contributed by atoms with Crippen molar-refractivity contribution in [3.8, 4) is 23.0 Å². The molecule has 0 aliphatic carbocycles. The number of ether oxygens (including phenoxy) is 4. The van der Waals surface area contributed by atoms with Crippen molar-refractivity contribution in [3.05, 3.63) is 89.5 Å². The van der Waals surface area contributed by atoms with Crippen LogP contribution < -0.4 is 14.2 Å². The van der Waals surface area contributed by atoms with Gasteiger partial charge in [-0.3, -0.25) is 14.5 Å². The van der Waals surface area contributed by atoms with E-state index in [-0.39, 0.29) is 11.3 Å². The van der Waals surface area contributed by atoms with Crippen molar-refractivity contribution in [1.29, 1.82) is 0 Å². The third-order valence-electron chi connectivity index (χ3n) is 7.27. The van der Waals surface area contributed by atoms with Crippen LogP contribution in [0.4, 0.5) is 0 Å². The third-order valence-corrected chi connectivity index (χ3v) is 7.27. The number of nitrogens with zero attached hydrogens (tertiary/aromatic N) is 2. The molecular weight excluding hydrogens is 512 g/mol. The molecule has 3 aliphatic heterocycles. The standard InChI is InChI=1S/C31H30N2O7/c34-29(22-9-10-25-26(20-22)39-18-17-38-25)27-28(21-5-4-8-24(19-21)40-23-6-2-1-3-7-23)33(31(36)30(27)35)12-11-32-13-15-37-16-14-32/h1-10,19-20,28,34H,11-18H2. The Labute approximate surface area is 232 Å². The van der Waals surface area contributed by atoms with Crippen LogP contribution in [0.2, 0.25) is 0 Å². The summed E-state index contributed by atoms with van der Waals surface area (Å²) in [6.45, 7) is 4.49. The number of aliphatic hydroxyl groups excluding tert-OH is 1. The molecule has 0 radical (unpaired) electrons. The number of likely N-dealkylation sites (tertiary alicyclic amines) is 1. The van der Waals surface area contributed by atoms with Gasteiger partial charge in [0.25, 0.3) is 11.7 Å². The number of fused-ring (bicyclic) bond motifs is 1. The van der Waals surface area contributed by atoms with Gasteiger partial charge in [-0.05, 0) is 48.0 Å². The van der Waals surface area contributed by atoms with Crippen molar-refractivity contribution in [2.75, 3.05) is 52.6 Å². The third kappa shape index (κ3) is 5.25. The molecule has 2 saturated heterocycles. The van der Waals surface area contributed by atoms with E-state index in [0.29, 0.717) is 73.6 Å². The SMILES string of the molecule is O=C1C(=O)N(CCN2CCOCC2)C(c2cccc(Oc3ccccc3)c2)C1=C(O)c1ccc2c(c1)OCCO2. The van der Waals surface area contributed by atoms with Gasteiger partial charge < -0.3 is 29.0 Å². The molecule has 3 aromatic carbocycles. The second-order valence-corrected chi connectivity index (χ2v) is 9.79. The van der Waals surface area contributed by atoms with Crippen LogP contribution in [-0.4, -0.2) is 79.2 Å². The van der Waals surface area contributed by atoms with Crippen LogP contribution in [0.15, 0.2) is 78.4 Å². The van der Waals surface area contributed by atoms with Gasteiger partial charge in [0, 0.05) is 31.7 Å². The Hall–Kier alpha value is -4.34. The quantitative estimate of drug-likeness (QED) is 0.272. The highest BCUT2D eigenvalue weighted by molar-refractivity contribution is 6.46. The lowest BCUT2D eigenvalue weighted by atomic mass is 9.95. The lowest BCUT2D eigenvalue weighted by Gasteiger charge is -2.31. The predicted octanol–water partition coefficient (Wildman–Crippen LogP) is 4.00. The molecule has 1 N–H and O–H groups in total. The predicted molar refractivity (Wildman–Crippen MR) is 147 cm³/mol. The maximum Gasteiger partial charge on any atom is 0.295 e. The van der Waals surface area contributed by atoms with Crippen LogP contribution >= 0.6 is 0 Å². The van der Waals surface area contributed by atoms with Crippen LogP contribution in [0, 0.1) is 0 Å². The highest BCUT2D eigenvalue weighted by Crippen LogP contribution is 2.42. The highest BCUT2D eigenvalue weighted by Gasteiger charge is 2.46. The van der Waals surface area contributed by atoms with Gasteiger partial charge >= 0.3 is 0 Å². The van der Waals surface area contributed by atoms with E-state index in [1.165, 1.54) is 0 Å². The fourth-order valence-corrected chi connectivity index (χ4v) is 5.25. The van der Waals surface area contributed by atoms with Crippen molar-refractivity contribution < 1.29 is 33.6 Å². The second-order valence-electron chi connectivity index (χ2n) is 9.79. The van der Waals surface area contributed by atoms with E-state index >= 15 is 0 Å². The van der Waals surface area contributed by atoms with Crippen molar-refractivity contribution in [2.45, 2.75) is 6.04 Å².